The number of rotatable bonds is 11. The standard InChI is InChI=1S/C31H28BrCl2N3O4S/c1-35-31(39)29(18-22-8-4-2-5-9-22)36(20-23-12-14-24(32)15-13-23)30(38)21-37(25-16-17-27(33)28(34)19-25)42(40,41)26-10-6-3-7-11-26/h2-17,19,29H,18,20-21H2,1H3,(H,35,39)/t29-/m1/s1. The van der Waals surface area contributed by atoms with E-state index in [0.717, 1.165) is 19.9 Å². The normalized spacial score (nSPS) is 11.9. The first-order valence-corrected chi connectivity index (χ1v) is 15.9. The average molecular weight is 689 g/mol. The number of nitrogens with zero attached hydrogens (tertiary/aromatic N) is 2. The molecule has 1 N–H and O–H groups in total. The lowest BCUT2D eigenvalue weighted by Gasteiger charge is -2.33. The Kier molecular flexibility index (Phi) is 10.7. The van der Waals surface area contributed by atoms with Crippen molar-refractivity contribution in [1.29, 1.82) is 0 Å². The third-order valence-electron chi connectivity index (χ3n) is 6.58. The number of nitrogens with one attached hydrogen (secondary N) is 1. The van der Waals surface area contributed by atoms with Crippen molar-refractivity contribution in [2.24, 2.45) is 0 Å². The Labute approximate surface area is 264 Å². The summed E-state index contributed by atoms with van der Waals surface area (Å²) in [5.74, 6) is -0.954. The zero-order chi connectivity index (χ0) is 30.3. The summed E-state index contributed by atoms with van der Waals surface area (Å²) in [6.45, 7) is -0.522. The first kappa shape index (κ1) is 31.6. The van der Waals surface area contributed by atoms with Crippen LogP contribution in [0.3, 0.4) is 0 Å². The van der Waals surface area contributed by atoms with Gasteiger partial charge in [-0.05, 0) is 53.6 Å². The number of halogens is 3. The van der Waals surface area contributed by atoms with Gasteiger partial charge in [-0.2, -0.15) is 0 Å². The molecule has 0 heterocycles. The van der Waals surface area contributed by atoms with Crippen LogP contribution in [0.4, 0.5) is 5.69 Å². The van der Waals surface area contributed by atoms with Crippen molar-refractivity contribution in [3.05, 3.63) is 129 Å². The summed E-state index contributed by atoms with van der Waals surface area (Å²) in [7, 11) is -2.72. The number of likely N-dealkylation sites (N-methyl/N-ethyl adjacent to an activating group) is 1. The minimum atomic E-state index is -4.22. The maximum Gasteiger partial charge on any atom is 0.264 e. The number of benzene rings is 4. The number of sulfonamides is 1. The molecule has 0 saturated carbocycles. The van der Waals surface area contributed by atoms with E-state index in [0.29, 0.717) is 0 Å². The Hall–Kier alpha value is -3.37. The van der Waals surface area contributed by atoms with Crippen LogP contribution < -0.4 is 9.62 Å². The quantitative estimate of drug-likeness (QED) is 0.199. The van der Waals surface area contributed by atoms with E-state index in [2.05, 4.69) is 21.2 Å². The first-order valence-electron chi connectivity index (χ1n) is 12.9. The van der Waals surface area contributed by atoms with Crippen LogP contribution in [0.25, 0.3) is 0 Å². The van der Waals surface area contributed by atoms with Crippen LogP contribution in [0.1, 0.15) is 11.1 Å². The van der Waals surface area contributed by atoms with Crippen LogP contribution in [0.2, 0.25) is 10.0 Å². The number of amides is 2. The summed E-state index contributed by atoms with van der Waals surface area (Å²) >= 11 is 15.8. The Morgan fingerprint density at radius 1 is 0.833 bits per heavy atom. The van der Waals surface area contributed by atoms with E-state index in [4.69, 9.17) is 23.2 Å². The van der Waals surface area contributed by atoms with Crippen molar-refractivity contribution in [2.45, 2.75) is 23.9 Å². The number of carbonyl (C=O) groups is 2. The van der Waals surface area contributed by atoms with Gasteiger partial charge >= 0.3 is 0 Å². The zero-order valence-corrected chi connectivity index (χ0v) is 26.5. The van der Waals surface area contributed by atoms with Crippen molar-refractivity contribution in [3.8, 4) is 0 Å². The summed E-state index contributed by atoms with van der Waals surface area (Å²) in [5.41, 5.74) is 1.77. The van der Waals surface area contributed by atoms with Crippen molar-refractivity contribution < 1.29 is 18.0 Å². The highest BCUT2D eigenvalue weighted by Crippen LogP contribution is 2.31. The summed E-state index contributed by atoms with van der Waals surface area (Å²) in [6, 6.07) is 27.9. The molecule has 1 atom stereocenters. The molecule has 0 saturated heterocycles. The van der Waals surface area contributed by atoms with E-state index >= 15 is 0 Å². The molecule has 0 aliphatic heterocycles. The van der Waals surface area contributed by atoms with Gasteiger partial charge in [-0.1, -0.05) is 99.8 Å². The van der Waals surface area contributed by atoms with Gasteiger partial charge < -0.3 is 10.2 Å². The molecule has 4 aromatic carbocycles. The van der Waals surface area contributed by atoms with E-state index in [1.54, 1.807) is 18.2 Å². The van der Waals surface area contributed by atoms with Gasteiger partial charge in [0.25, 0.3) is 10.0 Å². The summed E-state index contributed by atoms with van der Waals surface area (Å²) in [5, 5.41) is 3.04. The maximum atomic E-state index is 14.3. The van der Waals surface area contributed by atoms with Crippen LogP contribution in [0.15, 0.2) is 112 Å². The zero-order valence-electron chi connectivity index (χ0n) is 22.6. The summed E-state index contributed by atoms with van der Waals surface area (Å²) in [4.78, 5) is 29.0. The van der Waals surface area contributed by atoms with Gasteiger partial charge in [0.1, 0.15) is 12.6 Å². The number of anilines is 1. The average Bonchev–Trinajstić information content (AvgIpc) is 3.00. The highest BCUT2D eigenvalue weighted by molar-refractivity contribution is 9.10. The number of hydrogen-bond acceptors (Lipinski definition) is 4. The molecular formula is C31H28BrCl2N3O4S. The Morgan fingerprint density at radius 2 is 1.45 bits per heavy atom. The van der Waals surface area contributed by atoms with Crippen LogP contribution in [-0.2, 0) is 32.6 Å². The Morgan fingerprint density at radius 3 is 2.05 bits per heavy atom. The van der Waals surface area contributed by atoms with Crippen LogP contribution >= 0.6 is 39.1 Å². The molecule has 2 amide bonds. The minimum Gasteiger partial charge on any atom is -0.357 e. The molecule has 218 valence electrons. The number of hydrogen-bond donors (Lipinski definition) is 1. The molecular weight excluding hydrogens is 661 g/mol. The predicted molar refractivity (Wildman–Crippen MR) is 170 cm³/mol. The van der Waals surface area contributed by atoms with Crippen molar-refractivity contribution >= 4 is 66.7 Å². The molecule has 0 aromatic heterocycles. The highest BCUT2D eigenvalue weighted by Gasteiger charge is 2.34. The van der Waals surface area contributed by atoms with E-state index in [9.17, 15) is 18.0 Å². The molecule has 0 aliphatic carbocycles. The minimum absolute atomic E-state index is 0.00420. The van der Waals surface area contributed by atoms with Crippen molar-refractivity contribution in [2.75, 3.05) is 17.9 Å². The van der Waals surface area contributed by atoms with Crippen LogP contribution in [0, 0.1) is 0 Å². The topological polar surface area (TPSA) is 86.8 Å². The maximum absolute atomic E-state index is 14.3. The van der Waals surface area contributed by atoms with E-state index in [1.165, 1.54) is 42.3 Å². The van der Waals surface area contributed by atoms with Gasteiger partial charge in [0.2, 0.25) is 11.8 Å². The fourth-order valence-electron chi connectivity index (χ4n) is 4.40. The van der Waals surface area contributed by atoms with Crippen LogP contribution in [-0.4, -0.2) is 44.8 Å². The molecule has 4 aromatic rings. The molecule has 0 aliphatic rings. The smallest absolute Gasteiger partial charge is 0.264 e. The highest BCUT2D eigenvalue weighted by atomic mass is 79.9. The van der Waals surface area contributed by atoms with E-state index < -0.39 is 28.5 Å². The van der Waals surface area contributed by atoms with Crippen molar-refractivity contribution in [3.63, 3.8) is 0 Å². The molecule has 7 nitrogen and oxygen atoms in total. The molecule has 0 bridgehead atoms. The molecule has 42 heavy (non-hydrogen) atoms. The predicted octanol–water partition coefficient (Wildman–Crippen LogP) is 6.34. The molecule has 0 radical (unpaired) electrons. The van der Waals surface area contributed by atoms with E-state index in [1.807, 2.05) is 54.6 Å². The second kappa shape index (κ2) is 14.2. The SMILES string of the molecule is CNC(=O)[C@@H](Cc1ccccc1)N(Cc1ccc(Br)cc1)C(=O)CN(c1ccc(Cl)c(Cl)c1)S(=O)(=O)c1ccccc1. The fourth-order valence-corrected chi connectivity index (χ4v) is 6.38. The molecule has 11 heteroatoms. The lowest BCUT2D eigenvalue weighted by Crippen LogP contribution is -2.53. The van der Waals surface area contributed by atoms with Gasteiger partial charge in [0.05, 0.1) is 20.6 Å². The molecule has 4 rings (SSSR count). The Balaban J connectivity index is 1.79. The Bertz CT molecular complexity index is 1640. The summed E-state index contributed by atoms with van der Waals surface area (Å²) in [6.07, 6.45) is 0.223. The fraction of sp³-hybridized carbons (Fsp3) is 0.161. The van der Waals surface area contributed by atoms with Gasteiger partial charge in [-0.3, -0.25) is 13.9 Å². The van der Waals surface area contributed by atoms with Crippen molar-refractivity contribution in [1.82, 2.24) is 10.2 Å². The molecule has 0 fully saturated rings. The second-order valence-electron chi connectivity index (χ2n) is 9.39. The van der Waals surface area contributed by atoms with E-state index in [-0.39, 0.29) is 39.5 Å². The first-order chi connectivity index (χ1) is 20.1. The lowest BCUT2D eigenvalue weighted by atomic mass is 10.0. The van der Waals surface area contributed by atoms with Crippen LogP contribution in [0.5, 0.6) is 0 Å². The second-order valence-corrected chi connectivity index (χ2v) is 13.0. The monoisotopic (exact) mass is 687 g/mol. The van der Waals surface area contributed by atoms with Gasteiger partial charge in [-0.25, -0.2) is 8.42 Å². The molecule has 0 spiro atoms. The van der Waals surface area contributed by atoms with Gasteiger partial charge in [-0.15, -0.1) is 0 Å². The van der Waals surface area contributed by atoms with Gasteiger partial charge in [0.15, 0.2) is 0 Å². The van der Waals surface area contributed by atoms with Gasteiger partial charge in [0, 0.05) is 24.5 Å². The molecule has 0 unspecified atom stereocenters. The largest absolute Gasteiger partial charge is 0.357 e. The lowest BCUT2D eigenvalue weighted by molar-refractivity contribution is -0.139. The number of carbonyl (C=O) groups excluding carboxylic acids is 2. The summed E-state index contributed by atoms with van der Waals surface area (Å²) < 4.78 is 29.7. The third-order valence-corrected chi connectivity index (χ3v) is 9.64. The third kappa shape index (κ3) is 7.72.